The van der Waals surface area contributed by atoms with Gasteiger partial charge in [-0.1, -0.05) is 72.8 Å². The number of rotatable bonds is 6. The number of aryl methyl sites for hydroxylation is 1. The molecule has 0 bridgehead atoms. The molecule has 4 aromatic rings. The Morgan fingerprint density at radius 2 is 1.45 bits per heavy atom. The molecule has 1 aromatic heterocycles. The molecule has 144 valence electrons. The number of carboxylic acid groups (broad SMARTS) is 1. The van der Waals surface area contributed by atoms with Gasteiger partial charge in [0.2, 0.25) is 0 Å². The number of aromatic carboxylic acids is 1. The number of nitrogens with zero attached hydrogens (tertiary/aromatic N) is 1. The van der Waals surface area contributed by atoms with Crippen LogP contribution in [0.5, 0.6) is 0 Å². The summed E-state index contributed by atoms with van der Waals surface area (Å²) in [6, 6.07) is 30.2. The molecule has 0 aliphatic carbocycles. The molecule has 0 fully saturated rings. The third-order valence-electron chi connectivity index (χ3n) is 5.35. The van der Waals surface area contributed by atoms with Gasteiger partial charge in [-0.25, -0.2) is 4.79 Å². The molecule has 0 saturated carbocycles. The molecule has 0 saturated heterocycles. The average Bonchev–Trinajstić information content (AvgIpc) is 3.10. The van der Waals surface area contributed by atoms with Crippen LogP contribution in [0.15, 0.2) is 91.0 Å². The standard InChI is InChI=1S/C26H23NO2/c1-19-24(21-12-14-23(15-13-21)26(28)29)18-25(22-10-6-3-7-11-22)27(19)17-16-20-8-4-2-5-9-20/h2-15,18H,16-17H2,1H3,(H,28,29). The van der Waals surface area contributed by atoms with Crippen molar-refractivity contribution in [3.05, 3.63) is 108 Å². The van der Waals surface area contributed by atoms with Gasteiger partial charge in [0.15, 0.2) is 0 Å². The molecular formula is C26H23NO2. The summed E-state index contributed by atoms with van der Waals surface area (Å²) in [6.07, 6.45) is 0.952. The topological polar surface area (TPSA) is 42.2 Å². The van der Waals surface area contributed by atoms with Gasteiger partial charge in [0.05, 0.1) is 5.56 Å². The van der Waals surface area contributed by atoms with E-state index in [4.69, 9.17) is 0 Å². The van der Waals surface area contributed by atoms with E-state index in [0.29, 0.717) is 5.56 Å². The zero-order valence-corrected chi connectivity index (χ0v) is 16.4. The van der Waals surface area contributed by atoms with Crippen molar-refractivity contribution >= 4 is 5.97 Å². The summed E-state index contributed by atoms with van der Waals surface area (Å²) < 4.78 is 2.36. The van der Waals surface area contributed by atoms with Crippen molar-refractivity contribution in [2.24, 2.45) is 0 Å². The van der Waals surface area contributed by atoms with E-state index in [1.165, 1.54) is 22.5 Å². The van der Waals surface area contributed by atoms with Crippen LogP contribution in [-0.2, 0) is 13.0 Å². The molecule has 3 nitrogen and oxygen atoms in total. The smallest absolute Gasteiger partial charge is 0.335 e. The second-order valence-corrected chi connectivity index (χ2v) is 7.16. The van der Waals surface area contributed by atoms with Crippen molar-refractivity contribution in [2.45, 2.75) is 19.9 Å². The number of carbonyl (C=O) groups is 1. The summed E-state index contributed by atoms with van der Waals surface area (Å²) in [4.78, 5) is 11.2. The first kappa shape index (κ1) is 18.8. The average molecular weight is 381 g/mol. The van der Waals surface area contributed by atoms with E-state index in [2.05, 4.69) is 66.1 Å². The highest BCUT2D eigenvalue weighted by Crippen LogP contribution is 2.33. The van der Waals surface area contributed by atoms with Crippen LogP contribution in [0.2, 0.25) is 0 Å². The maximum Gasteiger partial charge on any atom is 0.335 e. The first-order valence-electron chi connectivity index (χ1n) is 9.76. The van der Waals surface area contributed by atoms with E-state index in [1.807, 2.05) is 24.3 Å². The van der Waals surface area contributed by atoms with Gasteiger partial charge in [0, 0.05) is 23.5 Å². The predicted octanol–water partition coefficient (Wildman–Crippen LogP) is 6.07. The third-order valence-corrected chi connectivity index (χ3v) is 5.35. The number of hydrogen-bond donors (Lipinski definition) is 1. The van der Waals surface area contributed by atoms with Gasteiger partial charge in [-0.15, -0.1) is 0 Å². The lowest BCUT2D eigenvalue weighted by Crippen LogP contribution is -2.05. The lowest BCUT2D eigenvalue weighted by atomic mass is 10.0. The van der Waals surface area contributed by atoms with Gasteiger partial charge < -0.3 is 9.67 Å². The van der Waals surface area contributed by atoms with Crippen LogP contribution >= 0.6 is 0 Å². The monoisotopic (exact) mass is 381 g/mol. The first-order chi connectivity index (χ1) is 14.1. The van der Waals surface area contributed by atoms with Gasteiger partial charge in [-0.2, -0.15) is 0 Å². The minimum absolute atomic E-state index is 0.304. The molecule has 0 aliphatic rings. The van der Waals surface area contributed by atoms with E-state index in [1.54, 1.807) is 12.1 Å². The van der Waals surface area contributed by atoms with Gasteiger partial charge in [-0.3, -0.25) is 0 Å². The van der Waals surface area contributed by atoms with E-state index in [-0.39, 0.29) is 0 Å². The van der Waals surface area contributed by atoms with Crippen LogP contribution in [-0.4, -0.2) is 15.6 Å². The summed E-state index contributed by atoms with van der Waals surface area (Å²) in [5.74, 6) is -0.904. The summed E-state index contributed by atoms with van der Waals surface area (Å²) in [5.41, 5.74) is 7.32. The summed E-state index contributed by atoms with van der Waals surface area (Å²) in [7, 11) is 0. The summed E-state index contributed by atoms with van der Waals surface area (Å²) >= 11 is 0. The predicted molar refractivity (Wildman–Crippen MR) is 117 cm³/mol. The van der Waals surface area contributed by atoms with Gasteiger partial charge in [0.25, 0.3) is 0 Å². The maximum atomic E-state index is 11.2. The molecule has 0 unspecified atom stereocenters. The van der Waals surface area contributed by atoms with Crippen LogP contribution < -0.4 is 0 Å². The second kappa shape index (κ2) is 8.19. The Morgan fingerprint density at radius 3 is 2.07 bits per heavy atom. The lowest BCUT2D eigenvalue weighted by Gasteiger charge is -2.12. The molecule has 3 heteroatoms. The summed E-state index contributed by atoms with van der Waals surface area (Å²) in [6.45, 7) is 3.02. The molecule has 0 spiro atoms. The molecule has 0 aliphatic heterocycles. The zero-order valence-electron chi connectivity index (χ0n) is 16.4. The second-order valence-electron chi connectivity index (χ2n) is 7.16. The van der Waals surface area contributed by atoms with E-state index < -0.39 is 5.97 Å². The van der Waals surface area contributed by atoms with Crippen molar-refractivity contribution < 1.29 is 9.90 Å². The van der Waals surface area contributed by atoms with Crippen molar-refractivity contribution in [3.8, 4) is 22.4 Å². The largest absolute Gasteiger partial charge is 0.478 e. The van der Waals surface area contributed by atoms with E-state index in [0.717, 1.165) is 24.1 Å². The molecule has 29 heavy (non-hydrogen) atoms. The number of carboxylic acids is 1. The van der Waals surface area contributed by atoms with Crippen molar-refractivity contribution in [2.75, 3.05) is 0 Å². The van der Waals surface area contributed by atoms with Crippen LogP contribution in [0, 0.1) is 6.92 Å². The molecule has 3 aromatic carbocycles. The van der Waals surface area contributed by atoms with Gasteiger partial charge in [-0.05, 0) is 48.2 Å². The number of aromatic nitrogens is 1. The van der Waals surface area contributed by atoms with E-state index >= 15 is 0 Å². The highest BCUT2D eigenvalue weighted by Gasteiger charge is 2.15. The van der Waals surface area contributed by atoms with Crippen LogP contribution in [0.25, 0.3) is 22.4 Å². The Bertz CT molecular complexity index is 1110. The SMILES string of the molecule is Cc1c(-c2ccc(C(=O)O)cc2)cc(-c2ccccc2)n1CCc1ccccc1. The van der Waals surface area contributed by atoms with Crippen molar-refractivity contribution in [3.63, 3.8) is 0 Å². The fraction of sp³-hybridized carbons (Fsp3) is 0.115. The van der Waals surface area contributed by atoms with E-state index in [9.17, 15) is 9.90 Å². The summed E-state index contributed by atoms with van der Waals surface area (Å²) in [5, 5.41) is 9.17. The lowest BCUT2D eigenvalue weighted by molar-refractivity contribution is 0.0697. The molecule has 0 atom stereocenters. The molecule has 4 rings (SSSR count). The number of hydrogen-bond acceptors (Lipinski definition) is 1. The fourth-order valence-corrected chi connectivity index (χ4v) is 3.75. The Kier molecular flexibility index (Phi) is 5.30. The molecule has 0 radical (unpaired) electrons. The van der Waals surface area contributed by atoms with Crippen LogP contribution in [0.4, 0.5) is 0 Å². The maximum absolute atomic E-state index is 11.2. The zero-order chi connectivity index (χ0) is 20.2. The van der Waals surface area contributed by atoms with Gasteiger partial charge in [0.1, 0.15) is 0 Å². The van der Waals surface area contributed by atoms with Gasteiger partial charge >= 0.3 is 5.97 Å². The fourth-order valence-electron chi connectivity index (χ4n) is 3.75. The highest BCUT2D eigenvalue weighted by atomic mass is 16.4. The molecule has 1 heterocycles. The minimum atomic E-state index is -0.904. The third kappa shape index (κ3) is 3.99. The van der Waals surface area contributed by atoms with Crippen molar-refractivity contribution in [1.29, 1.82) is 0 Å². The number of benzene rings is 3. The molecular weight excluding hydrogens is 358 g/mol. The quantitative estimate of drug-likeness (QED) is 0.440. The Morgan fingerprint density at radius 1 is 0.828 bits per heavy atom. The van der Waals surface area contributed by atoms with Crippen molar-refractivity contribution in [1.82, 2.24) is 4.57 Å². The Labute approximate surface area is 170 Å². The minimum Gasteiger partial charge on any atom is -0.478 e. The molecule has 0 amide bonds. The highest BCUT2D eigenvalue weighted by molar-refractivity contribution is 5.88. The Balaban J connectivity index is 1.75. The Hall–Kier alpha value is -3.59. The first-order valence-corrected chi connectivity index (χ1v) is 9.76. The molecule has 1 N–H and O–H groups in total. The van der Waals surface area contributed by atoms with Crippen LogP contribution in [0.3, 0.4) is 0 Å². The van der Waals surface area contributed by atoms with Crippen LogP contribution in [0.1, 0.15) is 21.6 Å². The normalized spacial score (nSPS) is 10.8.